The topological polar surface area (TPSA) is 55.1 Å². The van der Waals surface area contributed by atoms with Crippen LogP contribution in [0.25, 0.3) is 11.8 Å². The first-order valence-corrected chi connectivity index (χ1v) is 5.60. The van der Waals surface area contributed by atoms with E-state index < -0.39 is 5.97 Å². The Hall–Kier alpha value is -2.36. The zero-order valence-electron chi connectivity index (χ0n) is 10.3. The van der Waals surface area contributed by atoms with Gasteiger partial charge in [-0.15, -0.1) is 0 Å². The van der Waals surface area contributed by atoms with Crippen LogP contribution in [0.15, 0.2) is 36.5 Å². The molecule has 92 valence electrons. The van der Waals surface area contributed by atoms with Gasteiger partial charge < -0.3 is 5.11 Å². The number of carboxylic acids is 1. The van der Waals surface area contributed by atoms with Crippen molar-refractivity contribution in [2.24, 2.45) is 0 Å². The molecule has 4 nitrogen and oxygen atoms in total. The highest BCUT2D eigenvalue weighted by molar-refractivity contribution is 5.86. The Bertz CT molecular complexity index is 612. The summed E-state index contributed by atoms with van der Waals surface area (Å²) in [6, 6.07) is 7.75. The van der Waals surface area contributed by atoms with Crippen LogP contribution < -0.4 is 0 Å². The summed E-state index contributed by atoms with van der Waals surface area (Å²) in [5, 5.41) is 13.0. The molecular formula is C14H14N2O2. The monoisotopic (exact) mass is 242 g/mol. The number of benzene rings is 1. The van der Waals surface area contributed by atoms with Gasteiger partial charge in [-0.05, 0) is 38.1 Å². The van der Waals surface area contributed by atoms with Crippen molar-refractivity contribution in [3.05, 3.63) is 53.4 Å². The van der Waals surface area contributed by atoms with E-state index in [1.165, 1.54) is 0 Å². The van der Waals surface area contributed by atoms with Gasteiger partial charge in [-0.1, -0.05) is 11.6 Å². The van der Waals surface area contributed by atoms with E-state index in [2.05, 4.69) is 5.10 Å². The average Bonchev–Trinajstić information content (AvgIpc) is 2.73. The van der Waals surface area contributed by atoms with E-state index in [9.17, 15) is 4.79 Å². The summed E-state index contributed by atoms with van der Waals surface area (Å²) in [5.41, 5.74) is 3.70. The lowest BCUT2D eigenvalue weighted by Crippen LogP contribution is -1.99. The van der Waals surface area contributed by atoms with Gasteiger partial charge in [-0.25, -0.2) is 9.48 Å². The van der Waals surface area contributed by atoms with Crippen LogP contribution in [0.3, 0.4) is 0 Å². The molecule has 0 unspecified atom stereocenters. The molecule has 1 aromatic heterocycles. The smallest absolute Gasteiger partial charge is 0.328 e. The van der Waals surface area contributed by atoms with Crippen LogP contribution in [0.2, 0.25) is 0 Å². The van der Waals surface area contributed by atoms with Crippen LogP contribution in [-0.4, -0.2) is 20.9 Å². The third kappa shape index (κ3) is 2.66. The van der Waals surface area contributed by atoms with E-state index in [0.717, 1.165) is 28.6 Å². The van der Waals surface area contributed by atoms with Crippen LogP contribution in [-0.2, 0) is 4.79 Å². The number of aromatic nitrogens is 2. The summed E-state index contributed by atoms with van der Waals surface area (Å²) in [6.07, 6.45) is 4.58. The van der Waals surface area contributed by atoms with Gasteiger partial charge >= 0.3 is 5.97 Å². The largest absolute Gasteiger partial charge is 0.478 e. The maximum absolute atomic E-state index is 10.6. The number of hydrogen-bond acceptors (Lipinski definition) is 2. The van der Waals surface area contributed by atoms with E-state index >= 15 is 0 Å². The van der Waals surface area contributed by atoms with E-state index in [1.54, 1.807) is 10.8 Å². The summed E-state index contributed by atoms with van der Waals surface area (Å²) < 4.78 is 1.75. The fraction of sp³-hybridized carbons (Fsp3) is 0.143. The second-order valence-electron chi connectivity index (χ2n) is 4.14. The normalized spacial score (nSPS) is 11.0. The highest BCUT2D eigenvalue weighted by Crippen LogP contribution is 2.18. The first-order valence-electron chi connectivity index (χ1n) is 5.60. The molecule has 0 radical (unpaired) electrons. The van der Waals surface area contributed by atoms with Gasteiger partial charge in [0.15, 0.2) is 0 Å². The van der Waals surface area contributed by atoms with Crippen LogP contribution >= 0.6 is 0 Å². The highest BCUT2D eigenvalue weighted by atomic mass is 16.4. The van der Waals surface area contributed by atoms with Crippen LogP contribution in [0.1, 0.15) is 16.8 Å². The Morgan fingerprint density at radius 2 is 2.11 bits per heavy atom. The van der Waals surface area contributed by atoms with Gasteiger partial charge in [-0.3, -0.25) is 0 Å². The Morgan fingerprint density at radius 1 is 1.33 bits per heavy atom. The molecule has 1 aromatic carbocycles. The Labute approximate surface area is 105 Å². The molecule has 2 aromatic rings. The zero-order chi connectivity index (χ0) is 13.1. The fourth-order valence-electron chi connectivity index (χ4n) is 1.73. The highest BCUT2D eigenvalue weighted by Gasteiger charge is 2.04. The van der Waals surface area contributed by atoms with Crippen molar-refractivity contribution in [1.82, 2.24) is 9.78 Å². The summed E-state index contributed by atoms with van der Waals surface area (Å²) in [5.74, 6) is -0.959. The standard InChI is InChI=1S/C14H14N2O2/c1-10-3-5-13(16-8-7-11(2)15-16)12(9-10)4-6-14(17)18/h3-9H,1-2H3,(H,17,18)/b6-4+. The van der Waals surface area contributed by atoms with Gasteiger partial charge in [0.05, 0.1) is 11.4 Å². The maximum Gasteiger partial charge on any atom is 0.328 e. The molecule has 0 bridgehead atoms. The summed E-state index contributed by atoms with van der Waals surface area (Å²) in [7, 11) is 0. The molecule has 1 heterocycles. The van der Waals surface area contributed by atoms with Crippen LogP contribution in [0, 0.1) is 13.8 Å². The minimum absolute atomic E-state index is 0.834. The number of rotatable bonds is 3. The van der Waals surface area contributed by atoms with Crippen molar-refractivity contribution in [2.45, 2.75) is 13.8 Å². The second-order valence-corrected chi connectivity index (χ2v) is 4.14. The molecule has 1 N–H and O–H groups in total. The molecule has 0 saturated carbocycles. The van der Waals surface area contributed by atoms with Gasteiger partial charge in [0, 0.05) is 17.8 Å². The van der Waals surface area contributed by atoms with Gasteiger partial charge in [-0.2, -0.15) is 5.10 Å². The second kappa shape index (κ2) is 4.87. The number of aryl methyl sites for hydroxylation is 2. The zero-order valence-corrected chi connectivity index (χ0v) is 10.3. The molecule has 0 amide bonds. The molecule has 0 aliphatic rings. The van der Waals surface area contributed by atoms with Gasteiger partial charge in [0.1, 0.15) is 0 Å². The fourth-order valence-corrected chi connectivity index (χ4v) is 1.73. The molecule has 0 atom stereocenters. The molecule has 0 aliphatic carbocycles. The van der Waals surface area contributed by atoms with Crippen molar-refractivity contribution in [1.29, 1.82) is 0 Å². The average molecular weight is 242 g/mol. The van der Waals surface area contributed by atoms with Crippen LogP contribution in [0.5, 0.6) is 0 Å². The SMILES string of the molecule is Cc1ccc(-n2ccc(C)n2)c(/C=C/C(=O)O)c1. The molecule has 0 saturated heterocycles. The molecule has 0 fully saturated rings. The predicted molar refractivity (Wildman–Crippen MR) is 69.7 cm³/mol. The minimum atomic E-state index is -0.959. The van der Waals surface area contributed by atoms with Crippen molar-refractivity contribution >= 4 is 12.0 Å². The quantitative estimate of drug-likeness (QED) is 0.842. The van der Waals surface area contributed by atoms with Crippen molar-refractivity contribution in [3.8, 4) is 5.69 Å². The first-order chi connectivity index (χ1) is 8.56. The number of carbonyl (C=O) groups is 1. The number of aliphatic carboxylic acids is 1. The third-order valence-corrected chi connectivity index (χ3v) is 2.56. The van der Waals surface area contributed by atoms with E-state index in [1.807, 2.05) is 44.3 Å². The van der Waals surface area contributed by atoms with Crippen molar-refractivity contribution < 1.29 is 9.90 Å². The van der Waals surface area contributed by atoms with E-state index in [-0.39, 0.29) is 0 Å². The maximum atomic E-state index is 10.6. The third-order valence-electron chi connectivity index (χ3n) is 2.56. The Kier molecular flexibility index (Phi) is 3.28. The van der Waals surface area contributed by atoms with Crippen molar-refractivity contribution in [3.63, 3.8) is 0 Å². The molecular weight excluding hydrogens is 228 g/mol. The predicted octanol–water partition coefficient (Wildman–Crippen LogP) is 2.59. The summed E-state index contributed by atoms with van der Waals surface area (Å²) in [6.45, 7) is 3.88. The molecule has 0 aliphatic heterocycles. The lowest BCUT2D eigenvalue weighted by molar-refractivity contribution is -0.131. The van der Waals surface area contributed by atoms with Crippen LogP contribution in [0.4, 0.5) is 0 Å². The first kappa shape index (κ1) is 12.1. The molecule has 0 spiro atoms. The molecule has 4 heteroatoms. The Morgan fingerprint density at radius 3 is 2.72 bits per heavy atom. The molecule has 2 rings (SSSR count). The number of hydrogen-bond donors (Lipinski definition) is 1. The van der Waals surface area contributed by atoms with Gasteiger partial charge in [0.25, 0.3) is 0 Å². The lowest BCUT2D eigenvalue weighted by Gasteiger charge is -2.07. The Balaban J connectivity index is 2.50. The lowest BCUT2D eigenvalue weighted by atomic mass is 10.1. The van der Waals surface area contributed by atoms with Crippen molar-refractivity contribution in [2.75, 3.05) is 0 Å². The summed E-state index contributed by atoms with van der Waals surface area (Å²) in [4.78, 5) is 10.6. The minimum Gasteiger partial charge on any atom is -0.478 e. The number of carboxylic acid groups (broad SMARTS) is 1. The van der Waals surface area contributed by atoms with Gasteiger partial charge in [0.2, 0.25) is 0 Å². The molecule has 18 heavy (non-hydrogen) atoms. The summed E-state index contributed by atoms with van der Waals surface area (Å²) >= 11 is 0. The number of nitrogens with zero attached hydrogens (tertiary/aromatic N) is 2. The van der Waals surface area contributed by atoms with E-state index in [0.29, 0.717) is 0 Å². The van der Waals surface area contributed by atoms with E-state index in [4.69, 9.17) is 5.11 Å².